The lowest BCUT2D eigenvalue weighted by atomic mass is 10.1. The maximum absolute atomic E-state index is 12.9. The van der Waals surface area contributed by atoms with Gasteiger partial charge in [-0.1, -0.05) is 18.2 Å². The van der Waals surface area contributed by atoms with Gasteiger partial charge in [-0.2, -0.15) is 0 Å². The number of hydrogen-bond donors (Lipinski definition) is 0. The van der Waals surface area contributed by atoms with Crippen molar-refractivity contribution in [2.45, 2.75) is 27.9 Å². The van der Waals surface area contributed by atoms with Gasteiger partial charge in [0.05, 0.1) is 15.9 Å². The zero-order valence-corrected chi connectivity index (χ0v) is 15.8. The van der Waals surface area contributed by atoms with Gasteiger partial charge in [0, 0.05) is 18.0 Å². The van der Waals surface area contributed by atoms with Crippen LogP contribution in [0.5, 0.6) is 0 Å². The molecule has 7 heteroatoms. The predicted molar refractivity (Wildman–Crippen MR) is 100 cm³/mol. The molecule has 0 saturated carbocycles. The highest BCUT2D eigenvalue weighted by molar-refractivity contribution is 8.00. The van der Waals surface area contributed by atoms with Crippen LogP contribution in [-0.4, -0.2) is 43.3 Å². The monoisotopic (exact) mass is 393 g/mol. The Balaban J connectivity index is 1.53. The smallest absolute Gasteiger partial charge is 0.232 e. The molecule has 0 aliphatic carbocycles. The first-order valence-electron chi connectivity index (χ1n) is 8.42. The highest BCUT2D eigenvalue weighted by Crippen LogP contribution is 2.25. The zero-order chi connectivity index (χ0) is 18.6. The fourth-order valence-corrected chi connectivity index (χ4v) is 5.54. The van der Waals surface area contributed by atoms with Crippen molar-refractivity contribution in [2.24, 2.45) is 0 Å². The van der Waals surface area contributed by atoms with Gasteiger partial charge in [-0.25, -0.2) is 12.8 Å². The van der Waals surface area contributed by atoms with E-state index in [0.717, 1.165) is 4.90 Å². The number of benzene rings is 2. The van der Waals surface area contributed by atoms with Gasteiger partial charge in [-0.3, -0.25) is 4.79 Å². The van der Waals surface area contributed by atoms with Crippen LogP contribution in [0.2, 0.25) is 0 Å². The Morgan fingerprint density at radius 1 is 1.04 bits per heavy atom. The van der Waals surface area contributed by atoms with Crippen LogP contribution in [-0.2, 0) is 14.6 Å². The molecule has 0 unspecified atom stereocenters. The van der Waals surface area contributed by atoms with Crippen LogP contribution in [0.25, 0.3) is 0 Å². The lowest BCUT2D eigenvalue weighted by Gasteiger charge is -2.31. The fraction of sp³-hybridized carbons (Fsp3) is 0.316. The Labute approximate surface area is 157 Å². The van der Waals surface area contributed by atoms with Gasteiger partial charge < -0.3 is 4.90 Å². The van der Waals surface area contributed by atoms with E-state index in [9.17, 15) is 17.6 Å². The SMILES string of the molecule is O=C(CSc1ccc(F)cc1)N1CCC(S(=O)(=O)c2ccccc2)CC1. The van der Waals surface area contributed by atoms with E-state index in [-0.39, 0.29) is 17.5 Å². The quantitative estimate of drug-likeness (QED) is 0.731. The molecule has 4 nitrogen and oxygen atoms in total. The second kappa shape index (κ2) is 8.22. The number of rotatable bonds is 5. The van der Waals surface area contributed by atoms with Crippen molar-refractivity contribution in [2.75, 3.05) is 18.8 Å². The second-order valence-electron chi connectivity index (χ2n) is 6.18. The van der Waals surface area contributed by atoms with Crippen molar-refractivity contribution in [3.63, 3.8) is 0 Å². The van der Waals surface area contributed by atoms with E-state index in [1.165, 1.54) is 23.9 Å². The van der Waals surface area contributed by atoms with E-state index in [4.69, 9.17) is 0 Å². The second-order valence-corrected chi connectivity index (χ2v) is 9.46. The topological polar surface area (TPSA) is 54.5 Å². The maximum Gasteiger partial charge on any atom is 0.232 e. The van der Waals surface area contributed by atoms with Crippen LogP contribution in [0, 0.1) is 5.82 Å². The normalized spacial score (nSPS) is 15.8. The summed E-state index contributed by atoms with van der Waals surface area (Å²) in [6.45, 7) is 0.888. The summed E-state index contributed by atoms with van der Waals surface area (Å²) in [5, 5.41) is -0.446. The third-order valence-electron chi connectivity index (χ3n) is 4.48. The Kier molecular flexibility index (Phi) is 5.98. The average molecular weight is 394 g/mol. The summed E-state index contributed by atoms with van der Waals surface area (Å²) in [7, 11) is -3.35. The van der Waals surface area contributed by atoms with Crippen LogP contribution in [0.4, 0.5) is 4.39 Å². The summed E-state index contributed by atoms with van der Waals surface area (Å²) in [5.41, 5.74) is 0. The van der Waals surface area contributed by atoms with Gasteiger partial charge in [0.2, 0.25) is 5.91 Å². The van der Waals surface area contributed by atoms with Crippen molar-refractivity contribution in [1.29, 1.82) is 0 Å². The molecule has 26 heavy (non-hydrogen) atoms. The summed E-state index contributed by atoms with van der Waals surface area (Å²) in [6, 6.07) is 14.5. The molecular formula is C19H20FNO3S2. The first kappa shape index (κ1) is 18.9. The number of nitrogens with zero attached hydrogens (tertiary/aromatic N) is 1. The minimum Gasteiger partial charge on any atom is -0.342 e. The Hall–Kier alpha value is -1.86. The Bertz CT molecular complexity index is 846. The molecule has 0 spiro atoms. The average Bonchev–Trinajstić information content (AvgIpc) is 2.68. The minimum atomic E-state index is -3.35. The molecule has 1 saturated heterocycles. The van der Waals surface area contributed by atoms with Crippen LogP contribution in [0.3, 0.4) is 0 Å². The summed E-state index contributed by atoms with van der Waals surface area (Å²) < 4.78 is 38.2. The van der Waals surface area contributed by atoms with Gasteiger partial charge in [0.15, 0.2) is 9.84 Å². The lowest BCUT2D eigenvalue weighted by molar-refractivity contribution is -0.129. The first-order chi connectivity index (χ1) is 12.5. The molecule has 0 N–H and O–H groups in total. The third kappa shape index (κ3) is 4.45. The molecule has 2 aromatic rings. The molecule has 0 bridgehead atoms. The van der Waals surface area contributed by atoms with E-state index in [1.54, 1.807) is 47.4 Å². The predicted octanol–water partition coefficient (Wildman–Crippen LogP) is 3.38. The number of likely N-dealkylation sites (tertiary alicyclic amines) is 1. The van der Waals surface area contributed by atoms with E-state index < -0.39 is 15.1 Å². The number of amides is 1. The molecule has 138 valence electrons. The lowest BCUT2D eigenvalue weighted by Crippen LogP contribution is -2.43. The third-order valence-corrected chi connectivity index (χ3v) is 7.76. The number of carbonyl (C=O) groups is 1. The summed E-state index contributed by atoms with van der Waals surface area (Å²) >= 11 is 1.36. The molecule has 0 radical (unpaired) electrons. The van der Waals surface area contributed by atoms with Crippen molar-refractivity contribution >= 4 is 27.5 Å². The number of sulfone groups is 1. The number of carbonyl (C=O) groups excluding carboxylic acids is 1. The highest BCUT2D eigenvalue weighted by atomic mass is 32.2. The highest BCUT2D eigenvalue weighted by Gasteiger charge is 2.32. The van der Waals surface area contributed by atoms with Crippen molar-refractivity contribution < 1.29 is 17.6 Å². The van der Waals surface area contributed by atoms with E-state index in [2.05, 4.69) is 0 Å². The van der Waals surface area contributed by atoms with Crippen molar-refractivity contribution in [1.82, 2.24) is 4.90 Å². The van der Waals surface area contributed by atoms with Crippen LogP contribution < -0.4 is 0 Å². The van der Waals surface area contributed by atoms with Crippen LogP contribution in [0.15, 0.2) is 64.4 Å². The van der Waals surface area contributed by atoms with Crippen LogP contribution >= 0.6 is 11.8 Å². The van der Waals surface area contributed by atoms with Crippen LogP contribution in [0.1, 0.15) is 12.8 Å². The summed E-state index contributed by atoms with van der Waals surface area (Å²) in [4.78, 5) is 15.2. The van der Waals surface area contributed by atoms with E-state index in [0.29, 0.717) is 30.8 Å². The molecule has 1 aliphatic rings. The van der Waals surface area contributed by atoms with Crippen molar-refractivity contribution in [3.05, 3.63) is 60.4 Å². The van der Waals surface area contributed by atoms with Gasteiger partial charge >= 0.3 is 0 Å². The van der Waals surface area contributed by atoms with Gasteiger partial charge in [0.25, 0.3) is 0 Å². The first-order valence-corrected chi connectivity index (χ1v) is 10.9. The number of halogens is 1. The van der Waals surface area contributed by atoms with Gasteiger partial charge in [-0.15, -0.1) is 11.8 Å². The summed E-state index contributed by atoms with van der Waals surface area (Å²) in [6.07, 6.45) is 0.897. The molecule has 1 heterocycles. The van der Waals surface area contributed by atoms with Gasteiger partial charge in [-0.05, 0) is 49.2 Å². The molecule has 3 rings (SSSR count). The molecule has 0 aromatic heterocycles. The zero-order valence-electron chi connectivity index (χ0n) is 14.2. The van der Waals surface area contributed by atoms with Gasteiger partial charge in [0.1, 0.15) is 5.82 Å². The fourth-order valence-electron chi connectivity index (χ4n) is 2.99. The molecule has 2 aromatic carbocycles. The maximum atomic E-state index is 12.9. The number of piperidine rings is 1. The van der Waals surface area contributed by atoms with Crippen molar-refractivity contribution in [3.8, 4) is 0 Å². The van der Waals surface area contributed by atoms with E-state index >= 15 is 0 Å². The standard InChI is InChI=1S/C19H20FNO3S2/c20-15-6-8-16(9-7-15)25-14-19(22)21-12-10-18(11-13-21)26(23,24)17-4-2-1-3-5-17/h1-9,18H,10-14H2. The number of thioether (sulfide) groups is 1. The minimum absolute atomic E-state index is 0.0186. The largest absolute Gasteiger partial charge is 0.342 e. The molecule has 1 amide bonds. The Morgan fingerprint density at radius 3 is 2.27 bits per heavy atom. The Morgan fingerprint density at radius 2 is 1.65 bits per heavy atom. The number of hydrogen-bond acceptors (Lipinski definition) is 4. The molecule has 1 aliphatic heterocycles. The van der Waals surface area contributed by atoms with E-state index in [1.807, 2.05) is 0 Å². The molecule has 1 fully saturated rings. The summed E-state index contributed by atoms with van der Waals surface area (Å²) in [5.74, 6) is -0.0564. The molecular weight excluding hydrogens is 373 g/mol. The molecule has 0 atom stereocenters.